The number of hydrogen-bond donors (Lipinski definition) is 2. The number of likely N-dealkylation sites (N-methyl/N-ethyl adjacent to an activating group) is 1. The molecule has 5 heteroatoms. The summed E-state index contributed by atoms with van der Waals surface area (Å²) in [7, 11) is 3.90. The van der Waals surface area contributed by atoms with E-state index in [9.17, 15) is 5.11 Å². The molecule has 0 amide bonds. The van der Waals surface area contributed by atoms with Crippen LogP contribution in [0, 0.1) is 0 Å². The average molecular weight is 229 g/mol. The standard InChI is InChI=1S/C10H19N3OS/c1-8(10-6-15-7-12-10)11-4-9(14)5-13(2)3/h6-9,11,14H,4-5H2,1-3H3. The van der Waals surface area contributed by atoms with Gasteiger partial charge in [0.2, 0.25) is 0 Å². The molecule has 0 saturated heterocycles. The molecule has 0 aliphatic rings. The van der Waals surface area contributed by atoms with Crippen LogP contribution in [0.15, 0.2) is 10.9 Å². The molecular formula is C10H19N3OS. The van der Waals surface area contributed by atoms with Crippen LogP contribution in [0.5, 0.6) is 0 Å². The van der Waals surface area contributed by atoms with Gasteiger partial charge in [-0.15, -0.1) is 11.3 Å². The Morgan fingerprint density at radius 3 is 2.87 bits per heavy atom. The third kappa shape index (κ3) is 4.70. The fourth-order valence-electron chi connectivity index (χ4n) is 1.34. The molecule has 1 aromatic rings. The number of rotatable bonds is 6. The number of nitrogens with one attached hydrogen (secondary N) is 1. The number of aliphatic hydroxyl groups excluding tert-OH is 1. The predicted molar refractivity (Wildman–Crippen MR) is 63.1 cm³/mol. The molecule has 0 aromatic carbocycles. The lowest BCUT2D eigenvalue weighted by Crippen LogP contribution is -2.36. The van der Waals surface area contributed by atoms with Crippen LogP contribution >= 0.6 is 11.3 Å². The second-order valence-corrected chi connectivity index (χ2v) is 4.68. The highest BCUT2D eigenvalue weighted by Crippen LogP contribution is 2.11. The highest BCUT2D eigenvalue weighted by Gasteiger charge is 2.10. The van der Waals surface area contributed by atoms with Crippen molar-refractivity contribution >= 4 is 11.3 Å². The molecule has 2 N–H and O–H groups in total. The lowest BCUT2D eigenvalue weighted by molar-refractivity contribution is 0.132. The number of thiazole rings is 1. The third-order valence-corrected chi connectivity index (χ3v) is 2.74. The first kappa shape index (κ1) is 12.6. The summed E-state index contributed by atoms with van der Waals surface area (Å²) in [6, 6.07) is 0.202. The van der Waals surface area contributed by atoms with Gasteiger partial charge >= 0.3 is 0 Å². The van der Waals surface area contributed by atoms with Crippen LogP contribution in [0.1, 0.15) is 18.7 Å². The monoisotopic (exact) mass is 229 g/mol. The minimum absolute atomic E-state index is 0.202. The van der Waals surface area contributed by atoms with Crippen molar-refractivity contribution in [3.05, 3.63) is 16.6 Å². The summed E-state index contributed by atoms with van der Waals surface area (Å²) in [5, 5.41) is 14.9. The molecule has 1 rings (SSSR count). The summed E-state index contributed by atoms with van der Waals surface area (Å²) in [5.74, 6) is 0. The second kappa shape index (κ2) is 6.17. The summed E-state index contributed by atoms with van der Waals surface area (Å²) in [5.41, 5.74) is 2.86. The maximum absolute atomic E-state index is 9.64. The Morgan fingerprint density at radius 1 is 1.60 bits per heavy atom. The van der Waals surface area contributed by atoms with Crippen LogP contribution < -0.4 is 5.32 Å². The van der Waals surface area contributed by atoms with Crippen molar-refractivity contribution < 1.29 is 5.11 Å². The van der Waals surface area contributed by atoms with Gasteiger partial charge in [0.25, 0.3) is 0 Å². The molecule has 15 heavy (non-hydrogen) atoms. The number of aliphatic hydroxyl groups is 1. The molecule has 86 valence electrons. The van der Waals surface area contributed by atoms with Gasteiger partial charge in [0.1, 0.15) is 0 Å². The fourth-order valence-corrected chi connectivity index (χ4v) is 1.99. The normalized spacial score (nSPS) is 15.5. The molecule has 2 atom stereocenters. The van der Waals surface area contributed by atoms with Crippen molar-refractivity contribution in [2.24, 2.45) is 0 Å². The fraction of sp³-hybridized carbons (Fsp3) is 0.700. The summed E-state index contributed by atoms with van der Waals surface area (Å²) in [4.78, 5) is 6.19. The molecule has 0 fully saturated rings. The number of nitrogens with zero attached hydrogens (tertiary/aromatic N) is 2. The highest BCUT2D eigenvalue weighted by molar-refractivity contribution is 7.07. The van der Waals surface area contributed by atoms with E-state index >= 15 is 0 Å². The van der Waals surface area contributed by atoms with E-state index in [1.807, 2.05) is 29.9 Å². The van der Waals surface area contributed by atoms with Crippen molar-refractivity contribution in [3.63, 3.8) is 0 Å². The lowest BCUT2D eigenvalue weighted by atomic mass is 10.2. The average Bonchev–Trinajstić information content (AvgIpc) is 2.65. The summed E-state index contributed by atoms with van der Waals surface area (Å²) in [6.45, 7) is 3.32. The molecular weight excluding hydrogens is 210 g/mol. The first-order valence-corrected chi connectivity index (χ1v) is 5.98. The Hall–Kier alpha value is -0.490. The minimum Gasteiger partial charge on any atom is -0.390 e. The van der Waals surface area contributed by atoms with Gasteiger partial charge in [0.15, 0.2) is 0 Å². The zero-order valence-electron chi connectivity index (χ0n) is 9.47. The van der Waals surface area contributed by atoms with Crippen LogP contribution in [0.3, 0.4) is 0 Å². The van der Waals surface area contributed by atoms with E-state index in [-0.39, 0.29) is 12.1 Å². The zero-order valence-corrected chi connectivity index (χ0v) is 10.3. The van der Waals surface area contributed by atoms with Crippen LogP contribution in [0.25, 0.3) is 0 Å². The van der Waals surface area contributed by atoms with Crippen LogP contribution in [0.2, 0.25) is 0 Å². The molecule has 0 radical (unpaired) electrons. The zero-order chi connectivity index (χ0) is 11.3. The molecule has 2 unspecified atom stereocenters. The van der Waals surface area contributed by atoms with Crippen molar-refractivity contribution in [2.75, 3.05) is 27.2 Å². The van der Waals surface area contributed by atoms with Crippen molar-refractivity contribution in [2.45, 2.75) is 19.1 Å². The smallest absolute Gasteiger partial charge is 0.0795 e. The third-order valence-electron chi connectivity index (χ3n) is 2.13. The lowest BCUT2D eigenvalue weighted by Gasteiger charge is -2.18. The van der Waals surface area contributed by atoms with Gasteiger partial charge in [-0.25, -0.2) is 4.98 Å². The van der Waals surface area contributed by atoms with Crippen molar-refractivity contribution in [1.82, 2.24) is 15.2 Å². The number of hydrogen-bond acceptors (Lipinski definition) is 5. The molecule has 1 heterocycles. The first-order chi connectivity index (χ1) is 7.09. The highest BCUT2D eigenvalue weighted by atomic mass is 32.1. The van der Waals surface area contributed by atoms with E-state index in [2.05, 4.69) is 17.2 Å². The van der Waals surface area contributed by atoms with Gasteiger partial charge in [0, 0.05) is 24.5 Å². The van der Waals surface area contributed by atoms with Gasteiger partial charge in [-0.05, 0) is 21.0 Å². The maximum atomic E-state index is 9.64. The molecule has 0 spiro atoms. The van der Waals surface area contributed by atoms with Gasteiger partial charge in [0.05, 0.1) is 17.3 Å². The Labute approximate surface area is 94.9 Å². The Balaban J connectivity index is 2.25. The molecule has 0 bridgehead atoms. The maximum Gasteiger partial charge on any atom is 0.0795 e. The molecule has 0 saturated carbocycles. The van der Waals surface area contributed by atoms with Crippen LogP contribution in [0.4, 0.5) is 0 Å². The number of aromatic nitrogens is 1. The van der Waals surface area contributed by atoms with Gasteiger partial charge < -0.3 is 15.3 Å². The van der Waals surface area contributed by atoms with E-state index in [0.717, 1.165) is 5.69 Å². The van der Waals surface area contributed by atoms with E-state index < -0.39 is 0 Å². The predicted octanol–water partition coefficient (Wildman–Crippen LogP) is 0.716. The van der Waals surface area contributed by atoms with E-state index in [1.54, 1.807) is 11.3 Å². The quantitative estimate of drug-likeness (QED) is 0.754. The van der Waals surface area contributed by atoms with Crippen molar-refractivity contribution in [3.8, 4) is 0 Å². The molecule has 1 aromatic heterocycles. The Morgan fingerprint density at radius 2 is 2.33 bits per heavy atom. The van der Waals surface area contributed by atoms with Crippen LogP contribution in [-0.4, -0.2) is 48.3 Å². The van der Waals surface area contributed by atoms with Crippen LogP contribution in [-0.2, 0) is 0 Å². The summed E-state index contributed by atoms with van der Waals surface area (Å²) >= 11 is 1.59. The van der Waals surface area contributed by atoms with E-state index in [4.69, 9.17) is 0 Å². The summed E-state index contributed by atoms with van der Waals surface area (Å²) in [6.07, 6.45) is -0.332. The SMILES string of the molecule is CC(NCC(O)CN(C)C)c1cscn1. The van der Waals surface area contributed by atoms with Crippen molar-refractivity contribution in [1.29, 1.82) is 0 Å². The first-order valence-electron chi connectivity index (χ1n) is 5.04. The summed E-state index contributed by atoms with van der Waals surface area (Å²) < 4.78 is 0. The Bertz CT molecular complexity index is 264. The largest absolute Gasteiger partial charge is 0.390 e. The Kier molecular flexibility index (Phi) is 5.17. The minimum atomic E-state index is -0.332. The topological polar surface area (TPSA) is 48.4 Å². The molecule has 0 aliphatic carbocycles. The molecule has 0 aliphatic heterocycles. The van der Waals surface area contributed by atoms with Gasteiger partial charge in [-0.2, -0.15) is 0 Å². The van der Waals surface area contributed by atoms with Gasteiger partial charge in [-0.3, -0.25) is 0 Å². The van der Waals surface area contributed by atoms with E-state index in [1.165, 1.54) is 0 Å². The second-order valence-electron chi connectivity index (χ2n) is 3.96. The molecule has 4 nitrogen and oxygen atoms in total. The van der Waals surface area contributed by atoms with E-state index in [0.29, 0.717) is 13.1 Å². The van der Waals surface area contributed by atoms with Gasteiger partial charge in [-0.1, -0.05) is 0 Å².